The molecule has 0 aliphatic rings. The van der Waals surface area contributed by atoms with Crippen LogP contribution in [0.3, 0.4) is 0 Å². The summed E-state index contributed by atoms with van der Waals surface area (Å²) in [4.78, 5) is 11.5. The van der Waals surface area contributed by atoms with Crippen LogP contribution in [0.5, 0.6) is 0 Å². The van der Waals surface area contributed by atoms with Crippen molar-refractivity contribution in [3.05, 3.63) is 77.9 Å². The first-order valence-electron chi connectivity index (χ1n) is 5.88. The summed E-state index contributed by atoms with van der Waals surface area (Å²) >= 11 is 0. The molecular weight excluding hydrogens is 243 g/mol. The molecule has 0 heterocycles. The van der Waals surface area contributed by atoms with Crippen molar-refractivity contribution in [1.29, 1.82) is 0 Å². The highest BCUT2D eigenvalue weighted by atomic mass is 19.1. The number of ether oxygens (including phenoxy) is 1. The van der Waals surface area contributed by atoms with Crippen molar-refractivity contribution < 1.29 is 13.9 Å². The molecule has 1 atom stereocenters. The van der Waals surface area contributed by atoms with E-state index < -0.39 is 12.3 Å². The van der Waals surface area contributed by atoms with Crippen LogP contribution in [-0.4, -0.2) is 5.97 Å². The Kier molecular flexibility index (Phi) is 4.45. The molecule has 2 nitrogen and oxygen atoms in total. The fourth-order valence-corrected chi connectivity index (χ4v) is 1.54. The molecule has 2 aromatic rings. The van der Waals surface area contributed by atoms with Crippen LogP contribution in [-0.2, 0) is 9.53 Å². The molecule has 2 aromatic carbocycles. The number of alkyl halides is 1. The number of carbonyl (C=O) groups is 1. The fourth-order valence-electron chi connectivity index (χ4n) is 1.54. The molecule has 0 fully saturated rings. The zero-order valence-corrected chi connectivity index (χ0v) is 10.2. The molecular formula is C16H13FO2. The normalized spacial score (nSPS) is 12.3. The monoisotopic (exact) mass is 256 g/mol. The number of esters is 1. The highest BCUT2D eigenvalue weighted by Crippen LogP contribution is 2.18. The Labute approximate surface area is 111 Å². The van der Waals surface area contributed by atoms with Crippen molar-refractivity contribution in [3.8, 4) is 0 Å². The minimum absolute atomic E-state index is 0.323. The van der Waals surface area contributed by atoms with Crippen molar-refractivity contribution in [2.24, 2.45) is 0 Å². The molecule has 0 amide bonds. The molecule has 3 heteroatoms. The maximum Gasteiger partial charge on any atom is 0.333 e. The zero-order chi connectivity index (χ0) is 13.5. The van der Waals surface area contributed by atoms with E-state index in [1.807, 2.05) is 30.3 Å². The molecule has 0 aliphatic carbocycles. The van der Waals surface area contributed by atoms with Crippen LogP contribution in [0.2, 0.25) is 0 Å². The Hall–Kier alpha value is -2.42. The van der Waals surface area contributed by atoms with E-state index in [2.05, 4.69) is 4.74 Å². The van der Waals surface area contributed by atoms with E-state index in [1.165, 1.54) is 6.08 Å². The molecule has 0 radical (unpaired) electrons. The van der Waals surface area contributed by atoms with Gasteiger partial charge < -0.3 is 4.74 Å². The number of rotatable bonds is 4. The van der Waals surface area contributed by atoms with Crippen LogP contribution in [0.15, 0.2) is 66.7 Å². The summed E-state index contributed by atoms with van der Waals surface area (Å²) in [6.07, 6.45) is 1.05. The average molecular weight is 256 g/mol. The van der Waals surface area contributed by atoms with Crippen molar-refractivity contribution in [3.63, 3.8) is 0 Å². The van der Waals surface area contributed by atoms with Crippen molar-refractivity contribution in [1.82, 2.24) is 0 Å². The lowest BCUT2D eigenvalue weighted by atomic mass is 10.2. The van der Waals surface area contributed by atoms with Gasteiger partial charge in [0.25, 0.3) is 6.36 Å². The van der Waals surface area contributed by atoms with E-state index in [1.54, 1.807) is 36.4 Å². The second kappa shape index (κ2) is 6.50. The highest BCUT2D eigenvalue weighted by molar-refractivity contribution is 5.87. The quantitative estimate of drug-likeness (QED) is 0.612. The molecule has 96 valence electrons. The third-order valence-electron chi connectivity index (χ3n) is 2.49. The molecule has 2 rings (SSSR count). The van der Waals surface area contributed by atoms with E-state index in [0.717, 1.165) is 5.56 Å². The third kappa shape index (κ3) is 4.07. The molecule has 0 spiro atoms. The Morgan fingerprint density at radius 1 is 1.00 bits per heavy atom. The summed E-state index contributed by atoms with van der Waals surface area (Å²) in [5.41, 5.74) is 1.18. The lowest BCUT2D eigenvalue weighted by molar-refractivity contribution is -0.152. The van der Waals surface area contributed by atoms with Crippen molar-refractivity contribution in [2.45, 2.75) is 6.36 Å². The smallest absolute Gasteiger partial charge is 0.333 e. The summed E-state index contributed by atoms with van der Waals surface area (Å²) < 4.78 is 18.3. The molecule has 19 heavy (non-hydrogen) atoms. The first-order valence-corrected chi connectivity index (χ1v) is 5.88. The van der Waals surface area contributed by atoms with Gasteiger partial charge in [0.15, 0.2) is 0 Å². The van der Waals surface area contributed by atoms with Gasteiger partial charge in [-0.15, -0.1) is 0 Å². The molecule has 0 bridgehead atoms. The van der Waals surface area contributed by atoms with Crippen molar-refractivity contribution >= 4 is 12.0 Å². The molecule has 0 aromatic heterocycles. The Balaban J connectivity index is 1.93. The van der Waals surface area contributed by atoms with Gasteiger partial charge in [0.1, 0.15) is 0 Å². The average Bonchev–Trinajstić information content (AvgIpc) is 2.47. The van der Waals surface area contributed by atoms with Gasteiger partial charge in [-0.3, -0.25) is 0 Å². The summed E-state index contributed by atoms with van der Waals surface area (Å²) in [5.74, 6) is -0.708. The second-order valence-electron chi connectivity index (χ2n) is 3.91. The standard InChI is InChI=1S/C16H13FO2/c17-16(14-9-5-2-6-10-14)19-15(18)12-11-13-7-3-1-4-8-13/h1-12,16H. The van der Waals surface area contributed by atoms with Gasteiger partial charge in [0.2, 0.25) is 0 Å². The van der Waals surface area contributed by atoms with Crippen LogP contribution in [0.4, 0.5) is 4.39 Å². The lowest BCUT2D eigenvalue weighted by Gasteiger charge is -2.07. The number of halogens is 1. The molecule has 0 saturated heterocycles. The Morgan fingerprint density at radius 3 is 2.21 bits per heavy atom. The minimum Gasteiger partial charge on any atom is -0.424 e. The van der Waals surface area contributed by atoms with Crippen LogP contribution < -0.4 is 0 Å². The van der Waals surface area contributed by atoms with Crippen LogP contribution in [0.25, 0.3) is 6.08 Å². The predicted octanol–water partition coefficient (Wildman–Crippen LogP) is 3.91. The lowest BCUT2D eigenvalue weighted by Crippen LogP contribution is -2.04. The summed E-state index contributed by atoms with van der Waals surface area (Å²) in [7, 11) is 0. The largest absolute Gasteiger partial charge is 0.424 e. The minimum atomic E-state index is -1.74. The Morgan fingerprint density at radius 2 is 1.58 bits per heavy atom. The molecule has 1 unspecified atom stereocenters. The number of carbonyl (C=O) groups excluding carboxylic acids is 1. The van der Waals surface area contributed by atoms with Crippen LogP contribution >= 0.6 is 0 Å². The van der Waals surface area contributed by atoms with Gasteiger partial charge in [0.05, 0.1) is 0 Å². The first kappa shape index (κ1) is 13.0. The Bertz CT molecular complexity index is 549. The van der Waals surface area contributed by atoms with Gasteiger partial charge in [-0.05, 0) is 11.6 Å². The van der Waals surface area contributed by atoms with E-state index in [4.69, 9.17) is 0 Å². The van der Waals surface area contributed by atoms with Crippen molar-refractivity contribution in [2.75, 3.05) is 0 Å². The summed E-state index contributed by atoms with van der Waals surface area (Å²) in [6, 6.07) is 17.6. The van der Waals surface area contributed by atoms with Gasteiger partial charge in [-0.1, -0.05) is 60.7 Å². The molecule has 0 saturated carbocycles. The maximum absolute atomic E-state index is 13.6. The predicted molar refractivity (Wildman–Crippen MR) is 71.9 cm³/mol. The fraction of sp³-hybridized carbons (Fsp3) is 0.0625. The summed E-state index contributed by atoms with van der Waals surface area (Å²) in [5, 5.41) is 0. The number of hydrogen-bond acceptors (Lipinski definition) is 2. The van der Waals surface area contributed by atoms with Gasteiger partial charge in [-0.2, -0.15) is 4.39 Å². The van der Waals surface area contributed by atoms with Gasteiger partial charge in [-0.25, -0.2) is 4.79 Å². The second-order valence-corrected chi connectivity index (χ2v) is 3.91. The summed E-state index contributed by atoms with van der Waals surface area (Å²) in [6.45, 7) is 0. The van der Waals surface area contributed by atoms with Crippen LogP contribution in [0, 0.1) is 0 Å². The third-order valence-corrected chi connectivity index (χ3v) is 2.49. The van der Waals surface area contributed by atoms with E-state index in [9.17, 15) is 9.18 Å². The van der Waals surface area contributed by atoms with E-state index in [0.29, 0.717) is 5.56 Å². The number of hydrogen-bond donors (Lipinski definition) is 0. The van der Waals surface area contributed by atoms with E-state index >= 15 is 0 Å². The first-order chi connectivity index (χ1) is 9.25. The molecule has 0 aliphatic heterocycles. The highest BCUT2D eigenvalue weighted by Gasteiger charge is 2.12. The number of benzene rings is 2. The van der Waals surface area contributed by atoms with Gasteiger partial charge in [0, 0.05) is 11.6 Å². The zero-order valence-electron chi connectivity index (χ0n) is 10.2. The van der Waals surface area contributed by atoms with E-state index in [-0.39, 0.29) is 0 Å². The van der Waals surface area contributed by atoms with Gasteiger partial charge >= 0.3 is 5.97 Å². The SMILES string of the molecule is O=C(C=Cc1ccccc1)OC(F)c1ccccc1. The molecule has 0 N–H and O–H groups in total. The van der Waals surface area contributed by atoms with Crippen LogP contribution in [0.1, 0.15) is 17.5 Å². The topological polar surface area (TPSA) is 26.3 Å². The maximum atomic E-state index is 13.6.